The van der Waals surface area contributed by atoms with Gasteiger partial charge in [-0.1, -0.05) is 53.6 Å². The number of anilines is 1. The number of hydrogen-bond donors (Lipinski definition) is 2. The lowest BCUT2D eigenvalue weighted by Crippen LogP contribution is -2.41. The highest BCUT2D eigenvalue weighted by Crippen LogP contribution is 2.33. The highest BCUT2D eigenvalue weighted by atomic mass is 16.3. The first-order valence-corrected chi connectivity index (χ1v) is 10.0. The number of aryl methyl sites for hydroxylation is 2. The number of hydrogen-bond acceptors (Lipinski definition) is 4. The Labute approximate surface area is 177 Å². The largest absolute Gasteiger partial charge is 0.511 e. The zero-order valence-electron chi connectivity index (χ0n) is 17.6. The molecule has 156 valence electrons. The van der Waals surface area contributed by atoms with Crippen molar-refractivity contribution in [2.75, 3.05) is 11.9 Å². The topological polar surface area (TPSA) is 69.6 Å². The maximum Gasteiger partial charge on any atom is 0.232 e. The molecule has 2 aromatic rings. The van der Waals surface area contributed by atoms with E-state index in [1.54, 1.807) is 24.1 Å². The molecule has 0 bridgehead atoms. The van der Waals surface area contributed by atoms with Gasteiger partial charge in [-0.15, -0.1) is 6.58 Å². The van der Waals surface area contributed by atoms with E-state index in [0.29, 0.717) is 0 Å². The van der Waals surface area contributed by atoms with Gasteiger partial charge < -0.3 is 14.8 Å². The molecule has 0 aromatic heterocycles. The zero-order valence-corrected chi connectivity index (χ0v) is 17.6. The van der Waals surface area contributed by atoms with Crippen LogP contribution in [0.5, 0.6) is 0 Å². The Morgan fingerprint density at radius 2 is 1.77 bits per heavy atom. The minimum Gasteiger partial charge on any atom is -0.511 e. The Morgan fingerprint density at radius 1 is 1.13 bits per heavy atom. The van der Waals surface area contributed by atoms with Gasteiger partial charge in [0, 0.05) is 18.8 Å². The Balaban J connectivity index is 1.91. The van der Waals surface area contributed by atoms with Crippen LogP contribution in [0.1, 0.15) is 16.7 Å². The van der Waals surface area contributed by atoms with E-state index in [1.165, 1.54) is 0 Å². The number of aldehydes is 1. The molecule has 1 heterocycles. The van der Waals surface area contributed by atoms with Crippen LogP contribution < -0.4 is 10.2 Å². The molecule has 2 aromatic carbocycles. The Kier molecular flexibility index (Phi) is 6.53. The summed E-state index contributed by atoms with van der Waals surface area (Å²) in [6, 6.07) is 14.2. The van der Waals surface area contributed by atoms with Gasteiger partial charge in [0.05, 0.1) is 17.9 Å². The molecule has 5 nitrogen and oxygen atoms in total. The highest BCUT2D eigenvalue weighted by molar-refractivity contribution is 5.97. The fourth-order valence-electron chi connectivity index (χ4n) is 4.20. The third-order valence-electron chi connectivity index (χ3n) is 5.61. The van der Waals surface area contributed by atoms with Crippen molar-refractivity contribution in [2.24, 2.45) is 11.8 Å². The van der Waals surface area contributed by atoms with Crippen LogP contribution in [0, 0.1) is 25.7 Å². The minimum atomic E-state index is -0.714. The van der Waals surface area contributed by atoms with Crippen molar-refractivity contribution in [1.82, 2.24) is 5.32 Å². The van der Waals surface area contributed by atoms with E-state index in [4.69, 9.17) is 0 Å². The molecule has 1 fully saturated rings. The Hall–Kier alpha value is -3.18. The molecule has 0 aliphatic carbocycles. The molecule has 3 rings (SSSR count). The normalized spacial score (nSPS) is 23.8. The number of carbonyl (C=O) groups is 2. The summed E-state index contributed by atoms with van der Waals surface area (Å²) in [7, 11) is 1.69. The molecular formula is C25H28N2O3. The molecule has 2 N–H and O–H groups in total. The summed E-state index contributed by atoms with van der Waals surface area (Å²) in [5.41, 5.74) is 3.76. The molecule has 4 atom stereocenters. The molecular weight excluding hydrogens is 376 g/mol. The monoisotopic (exact) mass is 404 g/mol. The van der Waals surface area contributed by atoms with Gasteiger partial charge in [-0.05, 0) is 37.6 Å². The third kappa shape index (κ3) is 4.36. The van der Waals surface area contributed by atoms with Gasteiger partial charge in [0.15, 0.2) is 0 Å². The zero-order chi connectivity index (χ0) is 21.8. The molecule has 1 saturated heterocycles. The molecule has 0 radical (unpaired) electrons. The van der Waals surface area contributed by atoms with E-state index in [-0.39, 0.29) is 11.7 Å². The van der Waals surface area contributed by atoms with Gasteiger partial charge in [0.1, 0.15) is 12.0 Å². The Bertz CT molecular complexity index is 947. The first kappa shape index (κ1) is 21.5. The van der Waals surface area contributed by atoms with Gasteiger partial charge >= 0.3 is 0 Å². The fraction of sp³-hybridized carbons (Fsp3) is 0.280. The molecule has 4 unspecified atom stereocenters. The van der Waals surface area contributed by atoms with Crippen LogP contribution in [0.3, 0.4) is 0 Å². The SMILES string of the molecule is C=CC1NC(/C(O)=C\c2cc(C)cc(C)c2)C(C=O)C1C(=O)N(C)c1ccccc1. The smallest absolute Gasteiger partial charge is 0.232 e. The summed E-state index contributed by atoms with van der Waals surface area (Å²) in [6.45, 7) is 7.81. The number of rotatable bonds is 6. The van der Waals surface area contributed by atoms with Crippen molar-refractivity contribution in [3.63, 3.8) is 0 Å². The number of para-hydroxylation sites is 1. The minimum absolute atomic E-state index is 0.0293. The van der Waals surface area contributed by atoms with Gasteiger partial charge in [-0.25, -0.2) is 0 Å². The molecule has 1 aliphatic rings. The van der Waals surface area contributed by atoms with E-state index in [2.05, 4.69) is 18.0 Å². The molecule has 1 amide bonds. The second kappa shape index (κ2) is 9.09. The second-order valence-corrected chi connectivity index (χ2v) is 7.87. The van der Waals surface area contributed by atoms with Gasteiger partial charge in [0.2, 0.25) is 5.91 Å². The lowest BCUT2D eigenvalue weighted by molar-refractivity contribution is -0.126. The lowest BCUT2D eigenvalue weighted by Gasteiger charge is -2.25. The van der Waals surface area contributed by atoms with Crippen LogP contribution in [-0.2, 0) is 9.59 Å². The number of nitrogens with one attached hydrogen (secondary N) is 1. The second-order valence-electron chi connectivity index (χ2n) is 7.87. The maximum atomic E-state index is 13.3. The van der Waals surface area contributed by atoms with Crippen LogP contribution in [0.15, 0.2) is 66.9 Å². The van der Waals surface area contributed by atoms with Crippen LogP contribution >= 0.6 is 0 Å². The lowest BCUT2D eigenvalue weighted by atomic mass is 9.85. The summed E-state index contributed by atoms with van der Waals surface area (Å²) in [6.07, 6.45) is 4.04. The van der Waals surface area contributed by atoms with Crippen LogP contribution in [0.4, 0.5) is 5.69 Å². The van der Waals surface area contributed by atoms with Crippen molar-refractivity contribution in [3.05, 3.63) is 83.6 Å². The van der Waals surface area contributed by atoms with Crippen LogP contribution in [0.25, 0.3) is 6.08 Å². The predicted octanol–water partition coefficient (Wildman–Crippen LogP) is 3.82. The molecule has 0 spiro atoms. The van der Waals surface area contributed by atoms with E-state index in [9.17, 15) is 14.7 Å². The molecule has 5 heteroatoms. The summed E-state index contributed by atoms with van der Waals surface area (Å²) in [5, 5.41) is 14.0. The van der Waals surface area contributed by atoms with E-state index in [0.717, 1.165) is 28.7 Å². The van der Waals surface area contributed by atoms with Crippen LogP contribution in [0.2, 0.25) is 0 Å². The van der Waals surface area contributed by atoms with Crippen LogP contribution in [-0.4, -0.2) is 36.4 Å². The van der Waals surface area contributed by atoms with E-state index < -0.39 is 23.9 Å². The summed E-state index contributed by atoms with van der Waals surface area (Å²) >= 11 is 0. The third-order valence-corrected chi connectivity index (χ3v) is 5.61. The first-order valence-electron chi connectivity index (χ1n) is 10.0. The number of carbonyl (C=O) groups excluding carboxylic acids is 2. The van der Waals surface area contributed by atoms with E-state index in [1.807, 2.05) is 56.3 Å². The highest BCUT2D eigenvalue weighted by Gasteiger charge is 2.48. The van der Waals surface area contributed by atoms with Gasteiger partial charge in [-0.2, -0.15) is 0 Å². The number of nitrogens with zero attached hydrogens (tertiary/aromatic N) is 1. The van der Waals surface area contributed by atoms with Crippen molar-refractivity contribution in [2.45, 2.75) is 25.9 Å². The molecule has 0 saturated carbocycles. The summed E-state index contributed by atoms with van der Waals surface area (Å²) < 4.78 is 0. The summed E-state index contributed by atoms with van der Waals surface area (Å²) in [4.78, 5) is 26.9. The van der Waals surface area contributed by atoms with Crippen molar-refractivity contribution in [3.8, 4) is 0 Å². The van der Waals surface area contributed by atoms with E-state index >= 15 is 0 Å². The quantitative estimate of drug-likeness (QED) is 0.436. The fourth-order valence-corrected chi connectivity index (χ4v) is 4.20. The average molecular weight is 405 g/mol. The predicted molar refractivity (Wildman–Crippen MR) is 120 cm³/mol. The van der Waals surface area contributed by atoms with Crippen molar-refractivity contribution >= 4 is 24.0 Å². The molecule has 1 aliphatic heterocycles. The number of aliphatic hydroxyl groups is 1. The van der Waals surface area contributed by atoms with Crippen molar-refractivity contribution in [1.29, 1.82) is 0 Å². The van der Waals surface area contributed by atoms with Crippen molar-refractivity contribution < 1.29 is 14.7 Å². The number of amides is 1. The number of benzene rings is 2. The number of aliphatic hydroxyl groups excluding tert-OH is 1. The summed E-state index contributed by atoms with van der Waals surface area (Å²) in [5.74, 6) is -1.54. The van der Waals surface area contributed by atoms with Gasteiger partial charge in [-0.3, -0.25) is 10.1 Å². The first-order chi connectivity index (χ1) is 14.3. The van der Waals surface area contributed by atoms with Gasteiger partial charge in [0.25, 0.3) is 0 Å². The Morgan fingerprint density at radius 3 is 2.33 bits per heavy atom. The average Bonchev–Trinajstić information content (AvgIpc) is 3.11. The standard InChI is InChI=1S/C25H28N2O3/c1-5-21-23(25(30)27(4)19-9-7-6-8-10-19)20(15-28)24(26-21)22(29)14-18-12-16(2)11-17(3)13-18/h5-15,20-21,23-24,26,29H,1H2,2-4H3/b22-14+. The molecule has 30 heavy (non-hydrogen) atoms. The maximum absolute atomic E-state index is 13.3.